The maximum absolute atomic E-state index is 4.84. The van der Waals surface area contributed by atoms with Gasteiger partial charge in [0.15, 0.2) is 17.0 Å². The van der Waals surface area contributed by atoms with E-state index in [1.165, 1.54) is 0 Å². The maximum Gasteiger partial charge on any atom is 0.229 e. The van der Waals surface area contributed by atoms with Crippen LogP contribution < -0.4 is 15.5 Å². The number of rotatable bonds is 5. The van der Waals surface area contributed by atoms with Crippen molar-refractivity contribution in [1.82, 2.24) is 34.6 Å². The van der Waals surface area contributed by atoms with E-state index in [1.54, 1.807) is 10.9 Å². The molecule has 0 radical (unpaired) electrons. The average molecular weight is 355 g/mol. The summed E-state index contributed by atoms with van der Waals surface area (Å²) in [6, 6.07) is 0.747. The van der Waals surface area contributed by atoms with Crippen molar-refractivity contribution in [2.24, 2.45) is 7.05 Å². The van der Waals surface area contributed by atoms with Crippen LogP contribution in [0.15, 0.2) is 18.7 Å². The Morgan fingerprint density at radius 2 is 2.12 bits per heavy atom. The Labute approximate surface area is 152 Å². The molecule has 0 spiro atoms. The lowest BCUT2D eigenvalue weighted by atomic mass is 10.3. The van der Waals surface area contributed by atoms with Crippen molar-refractivity contribution in [3.8, 4) is 0 Å². The third kappa shape index (κ3) is 2.98. The second-order valence-electron chi connectivity index (χ2n) is 7.04. The predicted molar refractivity (Wildman–Crippen MR) is 102 cm³/mol. The second kappa shape index (κ2) is 6.56. The molecular weight excluding hydrogens is 330 g/mol. The molecule has 4 heterocycles. The molecule has 0 amide bonds. The van der Waals surface area contributed by atoms with Gasteiger partial charge in [-0.2, -0.15) is 15.1 Å². The summed E-state index contributed by atoms with van der Waals surface area (Å²) >= 11 is 0. The van der Waals surface area contributed by atoms with E-state index in [1.807, 2.05) is 26.6 Å². The van der Waals surface area contributed by atoms with Crippen LogP contribution in [-0.2, 0) is 7.05 Å². The number of aryl methyl sites for hydroxylation is 1. The zero-order valence-electron chi connectivity index (χ0n) is 15.6. The Balaban J connectivity index is 1.78. The summed E-state index contributed by atoms with van der Waals surface area (Å²) in [5.41, 5.74) is 2.51. The Morgan fingerprint density at radius 1 is 1.27 bits per heavy atom. The highest BCUT2D eigenvalue weighted by molar-refractivity contribution is 5.86. The number of nitrogens with one attached hydrogen (secondary N) is 2. The van der Waals surface area contributed by atoms with Crippen molar-refractivity contribution < 1.29 is 0 Å². The summed E-state index contributed by atoms with van der Waals surface area (Å²) in [5, 5.41) is 10.9. The van der Waals surface area contributed by atoms with Gasteiger partial charge < -0.3 is 20.1 Å². The van der Waals surface area contributed by atoms with Crippen molar-refractivity contribution in [3.63, 3.8) is 0 Å². The zero-order valence-corrected chi connectivity index (χ0v) is 15.6. The molecule has 26 heavy (non-hydrogen) atoms. The smallest absolute Gasteiger partial charge is 0.229 e. The first-order valence-electron chi connectivity index (χ1n) is 8.97. The standard InChI is InChI=1S/C17H25N9/c1-11(2)26-10-19-14-15(21-13-7-20-24(4)8-13)22-17(23-16(14)26)25-6-5-12(9-25)18-3/h7-8,10-12,18H,5-6,9H2,1-4H3,(H,21,22,23). The lowest BCUT2D eigenvalue weighted by Crippen LogP contribution is -2.30. The van der Waals surface area contributed by atoms with Gasteiger partial charge in [-0.15, -0.1) is 0 Å². The second-order valence-corrected chi connectivity index (χ2v) is 7.04. The summed E-state index contributed by atoms with van der Waals surface area (Å²) in [4.78, 5) is 16.4. The molecule has 1 fully saturated rings. The number of nitrogens with zero attached hydrogens (tertiary/aromatic N) is 7. The minimum atomic E-state index is 0.276. The van der Waals surface area contributed by atoms with Crippen LogP contribution in [-0.4, -0.2) is 55.5 Å². The largest absolute Gasteiger partial charge is 0.339 e. The first-order chi connectivity index (χ1) is 12.5. The Morgan fingerprint density at radius 3 is 2.77 bits per heavy atom. The highest BCUT2D eigenvalue weighted by atomic mass is 15.3. The molecule has 9 nitrogen and oxygen atoms in total. The highest BCUT2D eigenvalue weighted by Gasteiger charge is 2.25. The lowest BCUT2D eigenvalue weighted by Gasteiger charge is -2.18. The number of likely N-dealkylation sites (N-methyl/N-ethyl adjacent to an activating group) is 1. The van der Waals surface area contributed by atoms with Gasteiger partial charge >= 0.3 is 0 Å². The minimum Gasteiger partial charge on any atom is -0.339 e. The Hall–Kier alpha value is -2.68. The highest BCUT2D eigenvalue weighted by Crippen LogP contribution is 2.28. The fraction of sp³-hybridized carbons (Fsp3) is 0.529. The molecule has 0 aromatic carbocycles. The molecule has 1 saturated heterocycles. The third-order valence-corrected chi connectivity index (χ3v) is 4.81. The number of imidazole rings is 1. The molecule has 3 aromatic heterocycles. The van der Waals surface area contributed by atoms with E-state index in [9.17, 15) is 0 Å². The summed E-state index contributed by atoms with van der Waals surface area (Å²) in [5.74, 6) is 1.45. The van der Waals surface area contributed by atoms with Crippen molar-refractivity contribution >= 4 is 28.6 Å². The molecule has 9 heteroatoms. The Bertz CT molecular complexity index is 910. The molecule has 1 atom stereocenters. The van der Waals surface area contributed by atoms with Gasteiger partial charge in [-0.25, -0.2) is 4.98 Å². The maximum atomic E-state index is 4.84. The van der Waals surface area contributed by atoms with Gasteiger partial charge in [0, 0.05) is 38.4 Å². The summed E-state index contributed by atoms with van der Waals surface area (Å²) in [6.45, 7) is 6.11. The predicted octanol–water partition coefficient (Wildman–Crippen LogP) is 1.68. The molecule has 0 saturated carbocycles. The molecule has 0 aliphatic carbocycles. The van der Waals surface area contributed by atoms with Crippen LogP contribution in [0.4, 0.5) is 17.5 Å². The van der Waals surface area contributed by atoms with E-state index >= 15 is 0 Å². The number of hydrogen-bond donors (Lipinski definition) is 2. The van der Waals surface area contributed by atoms with Gasteiger partial charge in [-0.05, 0) is 27.3 Å². The van der Waals surface area contributed by atoms with E-state index in [0.29, 0.717) is 11.9 Å². The fourth-order valence-electron chi connectivity index (χ4n) is 3.31. The number of fused-ring (bicyclic) bond motifs is 1. The number of aromatic nitrogens is 6. The van der Waals surface area contributed by atoms with Crippen LogP contribution in [0.1, 0.15) is 26.3 Å². The monoisotopic (exact) mass is 355 g/mol. The van der Waals surface area contributed by atoms with Crippen LogP contribution >= 0.6 is 0 Å². The van der Waals surface area contributed by atoms with Crippen molar-refractivity contribution in [2.45, 2.75) is 32.4 Å². The third-order valence-electron chi connectivity index (χ3n) is 4.81. The molecular formula is C17H25N9. The molecule has 2 N–H and O–H groups in total. The lowest BCUT2D eigenvalue weighted by molar-refractivity contribution is 0.611. The van der Waals surface area contributed by atoms with E-state index in [4.69, 9.17) is 9.97 Å². The Kier molecular flexibility index (Phi) is 4.23. The van der Waals surface area contributed by atoms with Gasteiger partial charge in [0.05, 0.1) is 18.2 Å². The van der Waals surface area contributed by atoms with Gasteiger partial charge in [0.25, 0.3) is 0 Å². The average Bonchev–Trinajstić information content (AvgIpc) is 3.33. The van der Waals surface area contributed by atoms with Crippen LogP contribution in [0.3, 0.4) is 0 Å². The van der Waals surface area contributed by atoms with Gasteiger partial charge in [-0.1, -0.05) is 0 Å². The van der Waals surface area contributed by atoms with Crippen molar-refractivity contribution in [1.29, 1.82) is 0 Å². The number of hydrogen-bond acceptors (Lipinski definition) is 7. The van der Waals surface area contributed by atoms with Crippen molar-refractivity contribution in [2.75, 3.05) is 30.4 Å². The summed E-state index contributed by atoms with van der Waals surface area (Å²) in [6.07, 6.45) is 6.62. The first-order valence-corrected chi connectivity index (χ1v) is 8.97. The van der Waals surface area contributed by atoms with Crippen LogP contribution in [0.2, 0.25) is 0 Å². The zero-order chi connectivity index (χ0) is 18.3. The van der Waals surface area contributed by atoms with Crippen LogP contribution in [0.5, 0.6) is 0 Å². The van der Waals surface area contributed by atoms with Crippen LogP contribution in [0, 0.1) is 0 Å². The fourth-order valence-corrected chi connectivity index (χ4v) is 3.31. The minimum absolute atomic E-state index is 0.276. The van der Waals surface area contributed by atoms with E-state index in [0.717, 1.165) is 42.3 Å². The molecule has 1 aliphatic rings. The molecule has 0 bridgehead atoms. The van der Waals surface area contributed by atoms with E-state index < -0.39 is 0 Å². The molecule has 1 aliphatic heterocycles. The quantitative estimate of drug-likeness (QED) is 0.720. The molecule has 138 valence electrons. The molecule has 1 unspecified atom stereocenters. The van der Waals surface area contributed by atoms with Gasteiger partial charge in [0.1, 0.15) is 0 Å². The van der Waals surface area contributed by atoms with E-state index in [-0.39, 0.29) is 6.04 Å². The normalized spacial score (nSPS) is 17.6. The SMILES string of the molecule is CNC1CCN(c2nc(Nc3cnn(C)c3)c3ncn(C(C)C)c3n2)C1. The van der Waals surface area contributed by atoms with Crippen LogP contribution in [0.25, 0.3) is 11.2 Å². The molecule has 4 rings (SSSR count). The van der Waals surface area contributed by atoms with Gasteiger partial charge in [-0.3, -0.25) is 4.68 Å². The molecule has 3 aromatic rings. The topological polar surface area (TPSA) is 88.7 Å². The number of anilines is 3. The summed E-state index contributed by atoms with van der Waals surface area (Å²) < 4.78 is 3.84. The van der Waals surface area contributed by atoms with Crippen molar-refractivity contribution in [3.05, 3.63) is 18.7 Å². The van der Waals surface area contributed by atoms with E-state index in [2.05, 4.69) is 44.0 Å². The summed E-state index contributed by atoms with van der Waals surface area (Å²) in [7, 11) is 3.89. The first kappa shape index (κ1) is 16.8. The van der Waals surface area contributed by atoms with Gasteiger partial charge in [0.2, 0.25) is 5.95 Å².